The molecule has 3 nitrogen and oxygen atoms in total. The van der Waals surface area contributed by atoms with E-state index in [1.807, 2.05) is 18.9 Å². The third kappa shape index (κ3) is 2.42. The highest BCUT2D eigenvalue weighted by molar-refractivity contribution is 5.81. The highest BCUT2D eigenvalue weighted by atomic mass is 16.2. The Kier molecular flexibility index (Phi) is 3.59. The lowest BCUT2D eigenvalue weighted by Gasteiger charge is -2.55. The zero-order chi connectivity index (χ0) is 13.6. The first kappa shape index (κ1) is 13.4. The van der Waals surface area contributed by atoms with E-state index in [9.17, 15) is 4.79 Å². The minimum Gasteiger partial charge on any atom is -0.344 e. The van der Waals surface area contributed by atoms with Crippen molar-refractivity contribution >= 4 is 5.91 Å². The third-order valence-corrected chi connectivity index (χ3v) is 6.04. The summed E-state index contributed by atoms with van der Waals surface area (Å²) in [5.74, 6) is 4.70. The SMILES string of the molecule is CCC(N)C(=O)N(C)CC1C2CC3CC(C2)CC1C3. The molecule has 0 aromatic heterocycles. The number of rotatable bonds is 4. The lowest BCUT2D eigenvalue weighted by Crippen LogP contribution is -2.51. The highest BCUT2D eigenvalue weighted by Crippen LogP contribution is 2.56. The largest absolute Gasteiger partial charge is 0.344 e. The van der Waals surface area contributed by atoms with Crippen LogP contribution >= 0.6 is 0 Å². The zero-order valence-electron chi connectivity index (χ0n) is 12.3. The van der Waals surface area contributed by atoms with Crippen LogP contribution in [0.5, 0.6) is 0 Å². The Balaban J connectivity index is 1.62. The van der Waals surface area contributed by atoms with E-state index < -0.39 is 0 Å². The van der Waals surface area contributed by atoms with Gasteiger partial charge in [0.25, 0.3) is 0 Å². The fourth-order valence-electron chi connectivity index (χ4n) is 5.20. The molecule has 0 saturated heterocycles. The maximum absolute atomic E-state index is 12.1. The van der Waals surface area contributed by atoms with E-state index in [1.54, 1.807) is 0 Å². The van der Waals surface area contributed by atoms with Crippen molar-refractivity contribution in [3.8, 4) is 0 Å². The molecule has 1 atom stereocenters. The van der Waals surface area contributed by atoms with Gasteiger partial charge in [0.05, 0.1) is 6.04 Å². The summed E-state index contributed by atoms with van der Waals surface area (Å²) in [4.78, 5) is 14.1. The summed E-state index contributed by atoms with van der Waals surface area (Å²) in [6.45, 7) is 2.93. The smallest absolute Gasteiger partial charge is 0.239 e. The van der Waals surface area contributed by atoms with Gasteiger partial charge < -0.3 is 10.6 Å². The summed E-state index contributed by atoms with van der Waals surface area (Å²) in [6, 6.07) is -0.304. The van der Waals surface area contributed by atoms with E-state index in [0.29, 0.717) is 0 Å². The van der Waals surface area contributed by atoms with Crippen molar-refractivity contribution in [3.63, 3.8) is 0 Å². The molecule has 4 aliphatic carbocycles. The lowest BCUT2D eigenvalue weighted by atomic mass is 9.52. The topological polar surface area (TPSA) is 46.3 Å². The van der Waals surface area contributed by atoms with Crippen molar-refractivity contribution in [2.75, 3.05) is 13.6 Å². The van der Waals surface area contributed by atoms with Crippen molar-refractivity contribution in [2.24, 2.45) is 35.3 Å². The van der Waals surface area contributed by atoms with Crippen LogP contribution in [0.15, 0.2) is 0 Å². The second kappa shape index (κ2) is 5.08. The Morgan fingerprint density at radius 3 is 2.16 bits per heavy atom. The Bertz CT molecular complexity index is 327. The van der Waals surface area contributed by atoms with Crippen molar-refractivity contribution in [2.45, 2.75) is 51.5 Å². The van der Waals surface area contributed by atoms with E-state index in [4.69, 9.17) is 5.73 Å². The molecule has 19 heavy (non-hydrogen) atoms. The van der Waals surface area contributed by atoms with Crippen LogP contribution in [0.1, 0.15) is 45.4 Å². The lowest BCUT2D eigenvalue weighted by molar-refractivity contribution is -0.134. The molecule has 0 spiro atoms. The molecule has 4 aliphatic rings. The van der Waals surface area contributed by atoms with Gasteiger partial charge in [-0.25, -0.2) is 0 Å². The molecule has 2 N–H and O–H groups in total. The molecular formula is C16H28N2O. The van der Waals surface area contributed by atoms with Gasteiger partial charge in [-0.15, -0.1) is 0 Å². The normalized spacial score (nSPS) is 41.3. The van der Waals surface area contributed by atoms with Crippen molar-refractivity contribution in [3.05, 3.63) is 0 Å². The maximum Gasteiger partial charge on any atom is 0.239 e. The van der Waals surface area contributed by atoms with E-state index in [0.717, 1.165) is 42.6 Å². The molecule has 0 aromatic rings. The van der Waals surface area contributed by atoms with Gasteiger partial charge in [0.2, 0.25) is 5.91 Å². The summed E-state index contributed by atoms with van der Waals surface area (Å²) >= 11 is 0. The molecule has 1 amide bonds. The fourth-order valence-corrected chi connectivity index (χ4v) is 5.20. The molecular weight excluding hydrogens is 236 g/mol. The van der Waals surface area contributed by atoms with Crippen LogP contribution in [0.3, 0.4) is 0 Å². The molecule has 0 heterocycles. The van der Waals surface area contributed by atoms with Gasteiger partial charge in [-0.05, 0) is 68.1 Å². The van der Waals surface area contributed by atoms with Crippen LogP contribution in [-0.4, -0.2) is 30.4 Å². The van der Waals surface area contributed by atoms with Gasteiger partial charge in [0.15, 0.2) is 0 Å². The maximum atomic E-state index is 12.1. The third-order valence-electron chi connectivity index (χ3n) is 6.04. The molecule has 0 aliphatic heterocycles. The number of likely N-dealkylation sites (N-methyl/N-ethyl adjacent to an activating group) is 1. The minimum atomic E-state index is -0.304. The van der Waals surface area contributed by atoms with Gasteiger partial charge in [-0.1, -0.05) is 6.92 Å². The average molecular weight is 264 g/mol. The van der Waals surface area contributed by atoms with Gasteiger partial charge in [-0.3, -0.25) is 4.79 Å². The number of carbonyl (C=O) groups excluding carboxylic acids is 1. The van der Waals surface area contributed by atoms with Crippen molar-refractivity contribution in [1.29, 1.82) is 0 Å². The van der Waals surface area contributed by atoms with E-state index >= 15 is 0 Å². The molecule has 4 fully saturated rings. The number of nitrogens with zero attached hydrogens (tertiary/aromatic N) is 1. The molecule has 0 radical (unpaired) electrons. The van der Waals surface area contributed by atoms with Crippen LogP contribution in [0.4, 0.5) is 0 Å². The number of amides is 1. The first-order valence-electron chi connectivity index (χ1n) is 8.09. The first-order valence-corrected chi connectivity index (χ1v) is 8.09. The number of hydrogen-bond donors (Lipinski definition) is 1. The van der Waals surface area contributed by atoms with Crippen LogP contribution in [0.25, 0.3) is 0 Å². The monoisotopic (exact) mass is 264 g/mol. The van der Waals surface area contributed by atoms with Crippen molar-refractivity contribution in [1.82, 2.24) is 4.90 Å². The first-order chi connectivity index (χ1) is 9.08. The molecule has 4 bridgehead atoms. The standard InChI is InChI=1S/C16H28N2O/c1-3-15(17)16(19)18(2)9-14-12-5-10-4-11(7-12)8-13(14)6-10/h10-15H,3-9,17H2,1-2H3. The van der Waals surface area contributed by atoms with Crippen LogP contribution in [0, 0.1) is 29.6 Å². The summed E-state index contributed by atoms with van der Waals surface area (Å²) in [6.07, 6.45) is 7.96. The molecule has 0 aromatic carbocycles. The second-order valence-electron chi connectivity index (χ2n) is 7.33. The molecule has 108 valence electrons. The van der Waals surface area contributed by atoms with Gasteiger partial charge in [-0.2, -0.15) is 0 Å². The fraction of sp³-hybridized carbons (Fsp3) is 0.938. The number of hydrogen-bond acceptors (Lipinski definition) is 2. The van der Waals surface area contributed by atoms with Crippen molar-refractivity contribution < 1.29 is 4.79 Å². The number of carbonyl (C=O) groups is 1. The highest BCUT2D eigenvalue weighted by Gasteiger charge is 2.48. The number of nitrogens with two attached hydrogens (primary N) is 1. The second-order valence-corrected chi connectivity index (χ2v) is 7.33. The van der Waals surface area contributed by atoms with Crippen LogP contribution in [0.2, 0.25) is 0 Å². The molecule has 1 unspecified atom stereocenters. The average Bonchev–Trinajstić information content (AvgIpc) is 2.40. The van der Waals surface area contributed by atoms with E-state index in [1.165, 1.54) is 32.1 Å². The van der Waals surface area contributed by atoms with Crippen LogP contribution < -0.4 is 5.73 Å². The predicted molar refractivity (Wildman–Crippen MR) is 76.4 cm³/mol. The molecule has 3 heteroatoms. The summed E-state index contributed by atoms with van der Waals surface area (Å²) in [5.41, 5.74) is 5.88. The van der Waals surface area contributed by atoms with Gasteiger partial charge >= 0.3 is 0 Å². The van der Waals surface area contributed by atoms with Gasteiger partial charge in [0.1, 0.15) is 0 Å². The Hall–Kier alpha value is -0.570. The summed E-state index contributed by atoms with van der Waals surface area (Å²) < 4.78 is 0. The molecule has 4 rings (SSSR count). The summed E-state index contributed by atoms with van der Waals surface area (Å²) in [5, 5.41) is 0. The molecule has 4 saturated carbocycles. The Labute approximate surface area is 116 Å². The Morgan fingerprint density at radius 1 is 1.16 bits per heavy atom. The van der Waals surface area contributed by atoms with E-state index in [2.05, 4.69) is 0 Å². The quantitative estimate of drug-likeness (QED) is 0.846. The van der Waals surface area contributed by atoms with Gasteiger partial charge in [0, 0.05) is 13.6 Å². The predicted octanol–water partition coefficient (Wildman–Crippen LogP) is 2.25. The summed E-state index contributed by atoms with van der Waals surface area (Å²) in [7, 11) is 1.95. The minimum absolute atomic E-state index is 0.135. The van der Waals surface area contributed by atoms with E-state index in [-0.39, 0.29) is 11.9 Å². The zero-order valence-corrected chi connectivity index (χ0v) is 12.3. The Morgan fingerprint density at radius 2 is 1.68 bits per heavy atom. The van der Waals surface area contributed by atoms with Crippen LogP contribution in [-0.2, 0) is 4.79 Å².